The lowest BCUT2D eigenvalue weighted by atomic mass is 10.0. The number of morpholine rings is 1. The summed E-state index contributed by atoms with van der Waals surface area (Å²) < 4.78 is 11.1. The lowest BCUT2D eigenvalue weighted by Gasteiger charge is -2.31. The van der Waals surface area contributed by atoms with Crippen LogP contribution in [0.15, 0.2) is 24.3 Å². The molecule has 2 aromatic rings. The van der Waals surface area contributed by atoms with Gasteiger partial charge in [-0.25, -0.2) is 9.97 Å². The zero-order chi connectivity index (χ0) is 22.7. The molecule has 1 fully saturated rings. The highest BCUT2D eigenvalue weighted by molar-refractivity contribution is 5.95. The summed E-state index contributed by atoms with van der Waals surface area (Å²) in [5.41, 5.74) is 3.75. The number of hydrogen-bond acceptors (Lipinski definition) is 7. The highest BCUT2D eigenvalue weighted by Crippen LogP contribution is 2.32. The maximum Gasteiger partial charge on any atom is 0.254 e. The van der Waals surface area contributed by atoms with E-state index >= 15 is 0 Å². The number of carbonyl (C=O) groups excluding carboxylic acids is 1. The van der Waals surface area contributed by atoms with E-state index in [0.29, 0.717) is 67.6 Å². The van der Waals surface area contributed by atoms with E-state index < -0.39 is 0 Å². The summed E-state index contributed by atoms with van der Waals surface area (Å²) in [4.78, 5) is 24.1. The molecule has 0 bridgehead atoms. The third-order valence-corrected chi connectivity index (χ3v) is 5.67. The lowest BCUT2D eigenvalue weighted by molar-refractivity contribution is -0.0124. The molecule has 2 heterocycles. The van der Waals surface area contributed by atoms with Crippen LogP contribution >= 0.6 is 0 Å². The number of rotatable bonds is 6. The van der Waals surface area contributed by atoms with Crippen molar-refractivity contribution in [2.24, 2.45) is 0 Å². The van der Waals surface area contributed by atoms with Gasteiger partial charge in [-0.1, -0.05) is 12.1 Å². The molecule has 1 N–H and O–H groups in total. The van der Waals surface area contributed by atoms with E-state index in [2.05, 4.69) is 16.4 Å². The predicted molar refractivity (Wildman–Crippen MR) is 121 cm³/mol. The van der Waals surface area contributed by atoms with Crippen molar-refractivity contribution in [1.29, 1.82) is 5.26 Å². The van der Waals surface area contributed by atoms with Gasteiger partial charge in [0.25, 0.3) is 5.91 Å². The van der Waals surface area contributed by atoms with Crippen LogP contribution in [-0.4, -0.2) is 60.2 Å². The van der Waals surface area contributed by atoms with E-state index in [1.54, 1.807) is 13.2 Å². The monoisotopic (exact) mass is 433 g/mol. The minimum atomic E-state index is -0.0247. The first-order valence-corrected chi connectivity index (χ1v) is 10.9. The number of nitrogens with one attached hydrogen (secondary N) is 1. The summed E-state index contributed by atoms with van der Waals surface area (Å²) >= 11 is 0. The van der Waals surface area contributed by atoms with Gasteiger partial charge in [-0.05, 0) is 26.0 Å². The van der Waals surface area contributed by atoms with Gasteiger partial charge in [-0.2, -0.15) is 5.26 Å². The molecule has 1 aromatic carbocycles. The molecule has 0 saturated carbocycles. The number of carbonyl (C=O) groups is 1. The first kappa shape index (κ1) is 21.8. The fourth-order valence-corrected chi connectivity index (χ4v) is 4.15. The molecule has 1 atom stereocenters. The van der Waals surface area contributed by atoms with Crippen LogP contribution in [0.4, 0.5) is 5.82 Å². The standard InChI is InChI=1S/C24H27N5O3/c1-4-26-23-22-18(13-25)7-8-19(22)27-21(28-23)12-16-5-6-17(11-20(16)31-3)24(30)29-9-10-32-15(2)14-29/h5-7,11,15H,4,8-10,12,14H2,1-3H3,(H,26,27,28)/t15-/m0/s1. The van der Waals surface area contributed by atoms with Crippen LogP contribution in [-0.2, 0) is 17.6 Å². The number of nitrogens with zero attached hydrogens (tertiary/aromatic N) is 4. The average Bonchev–Trinajstić information content (AvgIpc) is 3.22. The summed E-state index contributed by atoms with van der Waals surface area (Å²) in [6.45, 7) is 6.37. The third kappa shape index (κ3) is 4.30. The van der Waals surface area contributed by atoms with Crippen molar-refractivity contribution in [3.05, 3.63) is 52.5 Å². The second-order valence-electron chi connectivity index (χ2n) is 7.91. The Hall–Kier alpha value is -3.44. The van der Waals surface area contributed by atoms with Crippen molar-refractivity contribution in [2.75, 3.05) is 38.7 Å². The van der Waals surface area contributed by atoms with Gasteiger partial charge in [-0.15, -0.1) is 0 Å². The van der Waals surface area contributed by atoms with Crippen molar-refractivity contribution in [1.82, 2.24) is 14.9 Å². The number of amides is 1. The molecule has 1 aliphatic carbocycles. The van der Waals surface area contributed by atoms with Gasteiger partial charge in [0.15, 0.2) is 0 Å². The van der Waals surface area contributed by atoms with Gasteiger partial charge < -0.3 is 19.7 Å². The quantitative estimate of drug-likeness (QED) is 0.748. The summed E-state index contributed by atoms with van der Waals surface area (Å²) in [7, 11) is 1.60. The van der Waals surface area contributed by atoms with Gasteiger partial charge in [0.2, 0.25) is 0 Å². The highest BCUT2D eigenvalue weighted by atomic mass is 16.5. The molecule has 4 rings (SSSR count). The van der Waals surface area contributed by atoms with Gasteiger partial charge in [-0.3, -0.25) is 4.79 Å². The third-order valence-electron chi connectivity index (χ3n) is 5.67. The molecule has 0 unspecified atom stereocenters. The predicted octanol–water partition coefficient (Wildman–Crippen LogP) is 2.83. The number of aromatic nitrogens is 2. The Balaban J connectivity index is 1.59. The number of nitriles is 1. The molecule has 0 spiro atoms. The molecular weight excluding hydrogens is 406 g/mol. The Labute approximate surface area is 187 Å². The highest BCUT2D eigenvalue weighted by Gasteiger charge is 2.25. The number of methoxy groups -OCH3 is 1. The number of benzene rings is 1. The zero-order valence-electron chi connectivity index (χ0n) is 18.6. The van der Waals surface area contributed by atoms with E-state index in [4.69, 9.17) is 14.5 Å². The molecule has 1 aromatic heterocycles. The molecule has 166 valence electrons. The first-order chi connectivity index (χ1) is 15.5. The van der Waals surface area contributed by atoms with Crippen LogP contribution in [0, 0.1) is 11.3 Å². The van der Waals surface area contributed by atoms with E-state index in [1.165, 1.54) is 0 Å². The van der Waals surface area contributed by atoms with Crippen LogP contribution < -0.4 is 10.1 Å². The van der Waals surface area contributed by atoms with E-state index in [-0.39, 0.29) is 12.0 Å². The molecule has 32 heavy (non-hydrogen) atoms. The number of hydrogen-bond donors (Lipinski definition) is 1. The summed E-state index contributed by atoms with van der Waals surface area (Å²) in [5.74, 6) is 1.93. The number of ether oxygens (including phenoxy) is 2. The van der Waals surface area contributed by atoms with Crippen molar-refractivity contribution in [3.63, 3.8) is 0 Å². The minimum absolute atomic E-state index is 0.0247. The van der Waals surface area contributed by atoms with Crippen LogP contribution in [0.3, 0.4) is 0 Å². The molecule has 8 nitrogen and oxygen atoms in total. The fourth-order valence-electron chi connectivity index (χ4n) is 4.15. The molecule has 1 amide bonds. The Bertz CT molecular complexity index is 1110. The molecule has 1 saturated heterocycles. The van der Waals surface area contributed by atoms with E-state index in [1.807, 2.05) is 37.0 Å². The minimum Gasteiger partial charge on any atom is -0.496 e. The number of allylic oxidation sites excluding steroid dienone is 2. The molecule has 0 radical (unpaired) electrons. The van der Waals surface area contributed by atoms with Gasteiger partial charge >= 0.3 is 0 Å². The van der Waals surface area contributed by atoms with Crippen molar-refractivity contribution < 1.29 is 14.3 Å². The van der Waals surface area contributed by atoms with Gasteiger partial charge in [0, 0.05) is 43.6 Å². The Morgan fingerprint density at radius 2 is 2.25 bits per heavy atom. The average molecular weight is 434 g/mol. The second kappa shape index (κ2) is 9.37. The zero-order valence-corrected chi connectivity index (χ0v) is 18.6. The molecular formula is C24H27N5O3. The smallest absolute Gasteiger partial charge is 0.254 e. The number of anilines is 1. The molecule has 2 aliphatic rings. The van der Waals surface area contributed by atoms with Crippen LogP contribution in [0.25, 0.3) is 5.57 Å². The van der Waals surface area contributed by atoms with Gasteiger partial charge in [0.1, 0.15) is 17.4 Å². The summed E-state index contributed by atoms with van der Waals surface area (Å²) in [6.07, 6.45) is 3.00. The van der Waals surface area contributed by atoms with Crippen molar-refractivity contribution >= 4 is 17.3 Å². The van der Waals surface area contributed by atoms with Crippen molar-refractivity contribution in [2.45, 2.75) is 32.8 Å². The molecule has 1 aliphatic heterocycles. The largest absolute Gasteiger partial charge is 0.496 e. The Morgan fingerprint density at radius 3 is 2.97 bits per heavy atom. The van der Waals surface area contributed by atoms with Crippen molar-refractivity contribution in [3.8, 4) is 11.8 Å². The normalized spacial score (nSPS) is 17.4. The first-order valence-electron chi connectivity index (χ1n) is 10.9. The van der Waals surface area contributed by atoms with Crippen LogP contribution in [0.5, 0.6) is 5.75 Å². The van der Waals surface area contributed by atoms with E-state index in [0.717, 1.165) is 16.8 Å². The maximum atomic E-state index is 12.9. The van der Waals surface area contributed by atoms with Crippen LogP contribution in [0.1, 0.15) is 46.9 Å². The topological polar surface area (TPSA) is 100 Å². The lowest BCUT2D eigenvalue weighted by Crippen LogP contribution is -2.44. The second-order valence-corrected chi connectivity index (χ2v) is 7.91. The van der Waals surface area contributed by atoms with Gasteiger partial charge in [0.05, 0.1) is 42.7 Å². The Morgan fingerprint density at radius 1 is 1.41 bits per heavy atom. The summed E-state index contributed by atoms with van der Waals surface area (Å²) in [6, 6.07) is 7.74. The number of fused-ring (bicyclic) bond motifs is 1. The summed E-state index contributed by atoms with van der Waals surface area (Å²) in [5, 5.41) is 12.7. The maximum absolute atomic E-state index is 12.9. The Kier molecular flexibility index (Phi) is 6.37. The van der Waals surface area contributed by atoms with E-state index in [9.17, 15) is 10.1 Å². The fraction of sp³-hybridized carbons (Fsp3) is 0.417. The molecule has 8 heteroatoms. The van der Waals surface area contributed by atoms with Crippen LogP contribution in [0.2, 0.25) is 0 Å². The SMILES string of the molecule is CCNc1nc(Cc2ccc(C(=O)N3CCO[C@@H](C)C3)cc2OC)nc2c1C(C#N)=CC2.